The van der Waals surface area contributed by atoms with Crippen LogP contribution >= 0.6 is 0 Å². The molecule has 0 bridgehead atoms. The number of nitrogens with zero attached hydrogens (tertiary/aromatic N) is 3. The van der Waals surface area contributed by atoms with Gasteiger partial charge in [0.25, 0.3) is 0 Å². The van der Waals surface area contributed by atoms with Gasteiger partial charge in [-0.15, -0.1) is 0 Å². The van der Waals surface area contributed by atoms with Crippen LogP contribution in [0.15, 0.2) is 48.5 Å². The summed E-state index contributed by atoms with van der Waals surface area (Å²) in [6, 6.07) is 14.6. The third kappa shape index (κ3) is 2.98. The number of carbonyl (C=O) groups excluding carboxylic acids is 1. The van der Waals surface area contributed by atoms with Crippen molar-refractivity contribution < 1.29 is 9.18 Å². The summed E-state index contributed by atoms with van der Waals surface area (Å²) in [4.78, 5) is 19.2. The summed E-state index contributed by atoms with van der Waals surface area (Å²) in [5, 5.41) is 0. The van der Waals surface area contributed by atoms with Gasteiger partial charge in [-0.25, -0.2) is 9.37 Å². The third-order valence-electron chi connectivity index (χ3n) is 5.11. The van der Waals surface area contributed by atoms with E-state index in [1.807, 2.05) is 30.0 Å². The maximum atomic E-state index is 13.3. The zero-order valence-electron chi connectivity index (χ0n) is 14.9. The Morgan fingerprint density at radius 3 is 2.73 bits per heavy atom. The van der Waals surface area contributed by atoms with Crippen molar-refractivity contribution in [3.63, 3.8) is 0 Å². The first-order chi connectivity index (χ1) is 12.7. The Kier molecular flexibility index (Phi) is 4.45. The van der Waals surface area contributed by atoms with E-state index in [1.54, 1.807) is 12.1 Å². The molecule has 1 fully saturated rings. The van der Waals surface area contributed by atoms with E-state index in [0.29, 0.717) is 13.0 Å². The van der Waals surface area contributed by atoms with Crippen molar-refractivity contribution in [3.8, 4) is 0 Å². The molecule has 0 saturated carbocycles. The molecule has 0 N–H and O–H groups in total. The van der Waals surface area contributed by atoms with Crippen LogP contribution in [0.25, 0.3) is 11.0 Å². The molecule has 0 spiro atoms. The lowest BCUT2D eigenvalue weighted by atomic mass is 10.1. The normalized spacial score (nSPS) is 17.2. The minimum absolute atomic E-state index is 0.00954. The molecule has 134 valence electrons. The second-order valence-corrected chi connectivity index (χ2v) is 6.77. The van der Waals surface area contributed by atoms with Crippen molar-refractivity contribution in [2.45, 2.75) is 38.8 Å². The van der Waals surface area contributed by atoms with E-state index in [0.717, 1.165) is 41.8 Å². The van der Waals surface area contributed by atoms with Crippen molar-refractivity contribution in [2.24, 2.45) is 0 Å². The standard InChI is InChI=1S/C21H22FN3O/c1-2-20(26)24-13-5-8-19(24)21-23-17-6-3-4-7-18(17)25(21)14-15-9-11-16(22)12-10-15/h3-4,6-7,9-12,19H,2,5,8,13-14H2,1H3/t19-/m1/s1. The molecule has 0 unspecified atom stereocenters. The number of fused-ring (bicyclic) bond motifs is 1. The van der Waals surface area contributed by atoms with Crippen molar-refractivity contribution in [2.75, 3.05) is 6.54 Å². The van der Waals surface area contributed by atoms with Crippen LogP contribution in [0.3, 0.4) is 0 Å². The van der Waals surface area contributed by atoms with E-state index < -0.39 is 0 Å². The van der Waals surface area contributed by atoms with Gasteiger partial charge in [0.15, 0.2) is 0 Å². The zero-order valence-corrected chi connectivity index (χ0v) is 14.9. The minimum atomic E-state index is -0.236. The van der Waals surface area contributed by atoms with Crippen molar-refractivity contribution in [3.05, 3.63) is 65.7 Å². The predicted octanol–water partition coefficient (Wildman–Crippen LogP) is 4.30. The number of imidazole rings is 1. The summed E-state index contributed by atoms with van der Waals surface area (Å²) < 4.78 is 15.4. The molecular formula is C21H22FN3O. The fourth-order valence-corrected chi connectivity index (χ4v) is 3.82. The topological polar surface area (TPSA) is 38.1 Å². The zero-order chi connectivity index (χ0) is 18.1. The number of benzene rings is 2. The van der Waals surface area contributed by atoms with Gasteiger partial charge < -0.3 is 9.47 Å². The van der Waals surface area contributed by atoms with Gasteiger partial charge in [-0.3, -0.25) is 4.79 Å². The number of amides is 1. The van der Waals surface area contributed by atoms with E-state index in [9.17, 15) is 9.18 Å². The number of carbonyl (C=O) groups is 1. The Balaban J connectivity index is 1.79. The van der Waals surface area contributed by atoms with E-state index >= 15 is 0 Å². The van der Waals surface area contributed by atoms with Gasteiger partial charge in [-0.2, -0.15) is 0 Å². The minimum Gasteiger partial charge on any atom is -0.333 e. The van der Waals surface area contributed by atoms with Crippen LogP contribution in [-0.2, 0) is 11.3 Å². The lowest BCUT2D eigenvalue weighted by Crippen LogP contribution is -2.31. The first-order valence-electron chi connectivity index (χ1n) is 9.16. The van der Waals surface area contributed by atoms with Gasteiger partial charge in [-0.05, 0) is 42.7 Å². The Morgan fingerprint density at radius 2 is 1.96 bits per heavy atom. The van der Waals surface area contributed by atoms with Crippen LogP contribution in [0.4, 0.5) is 4.39 Å². The number of para-hydroxylation sites is 2. The number of hydrogen-bond donors (Lipinski definition) is 0. The summed E-state index contributed by atoms with van der Waals surface area (Å²) in [6.07, 6.45) is 2.43. The monoisotopic (exact) mass is 351 g/mol. The summed E-state index contributed by atoms with van der Waals surface area (Å²) >= 11 is 0. The predicted molar refractivity (Wildman–Crippen MR) is 99.2 cm³/mol. The highest BCUT2D eigenvalue weighted by Gasteiger charge is 2.32. The van der Waals surface area contributed by atoms with E-state index in [2.05, 4.69) is 10.6 Å². The molecule has 2 heterocycles. The number of halogens is 1. The number of likely N-dealkylation sites (tertiary alicyclic amines) is 1. The van der Waals surface area contributed by atoms with Crippen molar-refractivity contribution in [1.82, 2.24) is 14.5 Å². The van der Waals surface area contributed by atoms with Crippen LogP contribution in [-0.4, -0.2) is 26.9 Å². The molecule has 5 heteroatoms. The van der Waals surface area contributed by atoms with Gasteiger partial charge in [0, 0.05) is 19.5 Å². The Bertz CT molecular complexity index is 932. The third-order valence-corrected chi connectivity index (χ3v) is 5.11. The molecule has 0 aliphatic carbocycles. The highest BCUT2D eigenvalue weighted by atomic mass is 19.1. The number of rotatable bonds is 4. The lowest BCUT2D eigenvalue weighted by molar-refractivity contribution is -0.131. The van der Waals surface area contributed by atoms with E-state index in [-0.39, 0.29) is 17.8 Å². The molecule has 1 saturated heterocycles. The molecule has 4 nitrogen and oxygen atoms in total. The van der Waals surface area contributed by atoms with Crippen LogP contribution in [0.1, 0.15) is 43.6 Å². The van der Waals surface area contributed by atoms with Crippen LogP contribution < -0.4 is 0 Å². The highest BCUT2D eigenvalue weighted by Crippen LogP contribution is 2.34. The molecule has 1 amide bonds. The smallest absolute Gasteiger partial charge is 0.222 e. The van der Waals surface area contributed by atoms with E-state index in [4.69, 9.17) is 4.98 Å². The summed E-state index contributed by atoms with van der Waals surface area (Å²) in [6.45, 7) is 3.30. The van der Waals surface area contributed by atoms with Gasteiger partial charge >= 0.3 is 0 Å². The Labute approximate surface area is 152 Å². The molecule has 4 rings (SSSR count). The summed E-state index contributed by atoms with van der Waals surface area (Å²) in [5.41, 5.74) is 2.99. The molecule has 2 aromatic carbocycles. The van der Waals surface area contributed by atoms with Gasteiger partial charge in [0.05, 0.1) is 17.1 Å². The Hall–Kier alpha value is -2.69. The first kappa shape index (κ1) is 16.8. The fraction of sp³-hybridized carbons (Fsp3) is 0.333. The molecular weight excluding hydrogens is 329 g/mol. The maximum absolute atomic E-state index is 13.3. The van der Waals surface area contributed by atoms with Gasteiger partial charge in [-0.1, -0.05) is 31.2 Å². The summed E-state index contributed by atoms with van der Waals surface area (Å²) in [5.74, 6) is 0.864. The molecule has 1 atom stereocenters. The second-order valence-electron chi connectivity index (χ2n) is 6.77. The van der Waals surface area contributed by atoms with Crippen molar-refractivity contribution >= 4 is 16.9 Å². The fourth-order valence-electron chi connectivity index (χ4n) is 3.82. The number of aromatic nitrogens is 2. The maximum Gasteiger partial charge on any atom is 0.222 e. The SMILES string of the molecule is CCC(=O)N1CCC[C@@H]1c1nc2ccccc2n1Cc1ccc(F)cc1. The van der Waals surface area contributed by atoms with E-state index in [1.165, 1.54) is 12.1 Å². The lowest BCUT2D eigenvalue weighted by Gasteiger charge is -2.25. The quantitative estimate of drug-likeness (QED) is 0.703. The van der Waals surface area contributed by atoms with Gasteiger partial charge in [0.1, 0.15) is 11.6 Å². The highest BCUT2D eigenvalue weighted by molar-refractivity contribution is 5.78. The van der Waals surface area contributed by atoms with Crippen LogP contribution in [0.5, 0.6) is 0 Å². The Morgan fingerprint density at radius 1 is 1.19 bits per heavy atom. The largest absolute Gasteiger partial charge is 0.333 e. The number of hydrogen-bond acceptors (Lipinski definition) is 2. The molecule has 1 aliphatic heterocycles. The first-order valence-corrected chi connectivity index (χ1v) is 9.16. The molecule has 0 radical (unpaired) electrons. The molecule has 1 aliphatic rings. The van der Waals surface area contributed by atoms with Crippen LogP contribution in [0.2, 0.25) is 0 Å². The van der Waals surface area contributed by atoms with Crippen molar-refractivity contribution in [1.29, 1.82) is 0 Å². The average Bonchev–Trinajstić information content (AvgIpc) is 3.28. The second kappa shape index (κ2) is 6.90. The molecule has 1 aromatic heterocycles. The molecule has 26 heavy (non-hydrogen) atoms. The summed E-state index contributed by atoms with van der Waals surface area (Å²) in [7, 11) is 0. The molecule has 3 aromatic rings. The average molecular weight is 351 g/mol. The van der Waals surface area contributed by atoms with Crippen LogP contribution in [0, 0.1) is 5.82 Å². The van der Waals surface area contributed by atoms with Gasteiger partial charge in [0.2, 0.25) is 5.91 Å².